The Morgan fingerprint density at radius 2 is 1.81 bits per heavy atom. The topological polar surface area (TPSA) is 35.6 Å². The molecule has 2 amide bonds. The summed E-state index contributed by atoms with van der Waals surface area (Å²) < 4.78 is 0. The van der Waals surface area contributed by atoms with Gasteiger partial charge in [-0.3, -0.25) is 0 Å². The number of hydrogen-bond donors (Lipinski definition) is 1. The van der Waals surface area contributed by atoms with Gasteiger partial charge in [0.25, 0.3) is 0 Å². The molecule has 1 N–H and O–H groups in total. The van der Waals surface area contributed by atoms with Crippen molar-refractivity contribution < 1.29 is 4.79 Å². The number of likely N-dealkylation sites (N-methyl/N-ethyl adjacent to an activating group) is 1. The summed E-state index contributed by atoms with van der Waals surface area (Å²) in [6.07, 6.45) is 0.863. The fraction of sp³-hybridized carbons (Fsp3) is 0.562. The fourth-order valence-electron chi connectivity index (χ4n) is 2.62. The first-order chi connectivity index (χ1) is 10.1. The maximum absolute atomic E-state index is 12.4. The first-order valence-corrected chi connectivity index (χ1v) is 8.05. The molecule has 1 aliphatic rings. The number of amides is 2. The molecule has 1 heterocycles. The molecule has 0 bridgehead atoms. The molecule has 1 unspecified atom stereocenters. The van der Waals surface area contributed by atoms with Crippen LogP contribution >= 0.6 is 11.6 Å². The van der Waals surface area contributed by atoms with E-state index < -0.39 is 0 Å². The van der Waals surface area contributed by atoms with Gasteiger partial charge in [-0.15, -0.1) is 0 Å². The van der Waals surface area contributed by atoms with Crippen LogP contribution in [0.15, 0.2) is 24.3 Å². The van der Waals surface area contributed by atoms with E-state index in [9.17, 15) is 4.79 Å². The summed E-state index contributed by atoms with van der Waals surface area (Å²) in [6, 6.07) is 7.77. The first-order valence-electron chi connectivity index (χ1n) is 7.67. The van der Waals surface area contributed by atoms with Gasteiger partial charge < -0.3 is 15.1 Å². The first kappa shape index (κ1) is 16.1. The molecule has 0 saturated carbocycles. The SMILES string of the molecule is CCC(NC(=O)N1CCN(CC)CC1)c1ccc(Cl)cc1. The molecule has 5 heteroatoms. The Kier molecular flexibility index (Phi) is 5.88. The van der Waals surface area contributed by atoms with Crippen LogP contribution in [0, 0.1) is 0 Å². The van der Waals surface area contributed by atoms with Gasteiger partial charge in [-0.1, -0.05) is 37.6 Å². The Morgan fingerprint density at radius 3 is 2.33 bits per heavy atom. The van der Waals surface area contributed by atoms with E-state index in [-0.39, 0.29) is 12.1 Å². The largest absolute Gasteiger partial charge is 0.331 e. The zero-order chi connectivity index (χ0) is 15.2. The number of nitrogens with one attached hydrogen (secondary N) is 1. The van der Waals surface area contributed by atoms with Crippen molar-refractivity contribution in [2.24, 2.45) is 0 Å². The monoisotopic (exact) mass is 309 g/mol. The summed E-state index contributed by atoms with van der Waals surface area (Å²) in [5, 5.41) is 3.85. The van der Waals surface area contributed by atoms with Gasteiger partial charge in [-0.2, -0.15) is 0 Å². The Bertz CT molecular complexity index is 455. The maximum atomic E-state index is 12.4. The van der Waals surface area contributed by atoms with Crippen LogP contribution in [0.1, 0.15) is 31.9 Å². The van der Waals surface area contributed by atoms with Crippen LogP contribution in [0.3, 0.4) is 0 Å². The normalized spacial score (nSPS) is 17.6. The molecule has 0 spiro atoms. The van der Waals surface area contributed by atoms with Gasteiger partial charge in [0.15, 0.2) is 0 Å². The molecule has 1 saturated heterocycles. The lowest BCUT2D eigenvalue weighted by Crippen LogP contribution is -2.52. The van der Waals surface area contributed by atoms with Crippen molar-refractivity contribution in [2.45, 2.75) is 26.3 Å². The summed E-state index contributed by atoms with van der Waals surface area (Å²) in [6.45, 7) is 8.81. The highest BCUT2D eigenvalue weighted by Crippen LogP contribution is 2.19. The molecule has 1 aromatic carbocycles. The van der Waals surface area contributed by atoms with E-state index in [1.54, 1.807) is 0 Å². The molecule has 0 aromatic heterocycles. The molecule has 1 atom stereocenters. The van der Waals surface area contributed by atoms with Crippen molar-refractivity contribution in [3.05, 3.63) is 34.9 Å². The van der Waals surface area contributed by atoms with Crippen molar-refractivity contribution in [2.75, 3.05) is 32.7 Å². The molecule has 116 valence electrons. The summed E-state index contributed by atoms with van der Waals surface area (Å²) in [4.78, 5) is 16.6. The Balaban J connectivity index is 1.92. The van der Waals surface area contributed by atoms with Crippen LogP contribution in [0.25, 0.3) is 0 Å². The van der Waals surface area contributed by atoms with E-state index in [0.29, 0.717) is 0 Å². The van der Waals surface area contributed by atoms with Gasteiger partial charge in [-0.25, -0.2) is 4.79 Å². The molecule has 1 fully saturated rings. The predicted molar refractivity (Wildman–Crippen MR) is 86.7 cm³/mol. The van der Waals surface area contributed by atoms with Gasteiger partial charge in [0.05, 0.1) is 6.04 Å². The van der Waals surface area contributed by atoms with Gasteiger partial charge >= 0.3 is 6.03 Å². The number of benzene rings is 1. The van der Waals surface area contributed by atoms with Gasteiger partial charge in [-0.05, 0) is 30.7 Å². The van der Waals surface area contributed by atoms with Crippen molar-refractivity contribution in [3.63, 3.8) is 0 Å². The van der Waals surface area contributed by atoms with E-state index in [4.69, 9.17) is 11.6 Å². The smallest absolute Gasteiger partial charge is 0.317 e. The second-order valence-corrected chi connectivity index (χ2v) is 5.82. The third-order valence-corrected chi connectivity index (χ3v) is 4.34. The number of halogens is 1. The highest BCUT2D eigenvalue weighted by molar-refractivity contribution is 6.30. The minimum atomic E-state index is 0.0348. The molecule has 21 heavy (non-hydrogen) atoms. The van der Waals surface area contributed by atoms with Crippen molar-refractivity contribution in [3.8, 4) is 0 Å². The van der Waals surface area contributed by atoms with Gasteiger partial charge in [0.2, 0.25) is 0 Å². The number of urea groups is 1. The lowest BCUT2D eigenvalue weighted by atomic mass is 10.1. The van der Waals surface area contributed by atoms with Crippen molar-refractivity contribution in [1.29, 1.82) is 0 Å². The lowest BCUT2D eigenvalue weighted by Gasteiger charge is -2.35. The standard InChI is InChI=1S/C16H24ClN3O/c1-3-15(13-5-7-14(17)8-6-13)18-16(21)20-11-9-19(4-2)10-12-20/h5-8,15H,3-4,9-12H2,1-2H3,(H,18,21). The Morgan fingerprint density at radius 1 is 1.19 bits per heavy atom. The second-order valence-electron chi connectivity index (χ2n) is 5.38. The average Bonchev–Trinajstić information content (AvgIpc) is 2.53. The number of nitrogens with zero attached hydrogens (tertiary/aromatic N) is 2. The summed E-state index contributed by atoms with van der Waals surface area (Å²) in [5.74, 6) is 0. The number of carbonyl (C=O) groups excluding carboxylic acids is 1. The third kappa shape index (κ3) is 4.35. The van der Waals surface area contributed by atoms with Gasteiger partial charge in [0, 0.05) is 31.2 Å². The fourth-order valence-corrected chi connectivity index (χ4v) is 2.75. The van der Waals surface area contributed by atoms with E-state index in [1.807, 2.05) is 29.2 Å². The number of piperazine rings is 1. The molecular weight excluding hydrogens is 286 g/mol. The molecule has 4 nitrogen and oxygen atoms in total. The molecule has 1 aliphatic heterocycles. The van der Waals surface area contributed by atoms with Crippen LogP contribution < -0.4 is 5.32 Å². The summed E-state index contributed by atoms with van der Waals surface area (Å²) >= 11 is 5.91. The third-order valence-electron chi connectivity index (χ3n) is 4.09. The number of hydrogen-bond acceptors (Lipinski definition) is 2. The average molecular weight is 310 g/mol. The summed E-state index contributed by atoms with van der Waals surface area (Å²) in [7, 11) is 0. The van der Waals surface area contributed by atoms with Crippen LogP contribution in [0.4, 0.5) is 4.79 Å². The Labute approximate surface area is 132 Å². The van der Waals surface area contributed by atoms with E-state index in [1.165, 1.54) is 0 Å². The molecule has 1 aromatic rings. The zero-order valence-corrected chi connectivity index (χ0v) is 13.6. The van der Waals surface area contributed by atoms with E-state index in [0.717, 1.165) is 49.7 Å². The van der Waals surface area contributed by atoms with Crippen molar-refractivity contribution in [1.82, 2.24) is 15.1 Å². The van der Waals surface area contributed by atoms with Crippen LogP contribution in [-0.2, 0) is 0 Å². The minimum absolute atomic E-state index is 0.0348. The predicted octanol–water partition coefficient (Wildman–Crippen LogP) is 3.14. The van der Waals surface area contributed by atoms with E-state index >= 15 is 0 Å². The molecule has 0 radical (unpaired) electrons. The number of rotatable bonds is 4. The second kappa shape index (κ2) is 7.66. The Hall–Kier alpha value is -1.26. The lowest BCUT2D eigenvalue weighted by molar-refractivity contribution is 0.140. The minimum Gasteiger partial charge on any atom is -0.331 e. The quantitative estimate of drug-likeness (QED) is 0.927. The summed E-state index contributed by atoms with van der Waals surface area (Å²) in [5.41, 5.74) is 1.10. The number of carbonyl (C=O) groups is 1. The molecule has 2 rings (SSSR count). The highest BCUT2D eigenvalue weighted by Gasteiger charge is 2.22. The van der Waals surface area contributed by atoms with E-state index in [2.05, 4.69) is 24.1 Å². The molecular formula is C16H24ClN3O. The highest BCUT2D eigenvalue weighted by atomic mass is 35.5. The zero-order valence-electron chi connectivity index (χ0n) is 12.8. The van der Waals surface area contributed by atoms with Gasteiger partial charge in [0.1, 0.15) is 0 Å². The van der Waals surface area contributed by atoms with Crippen LogP contribution in [0.2, 0.25) is 5.02 Å². The van der Waals surface area contributed by atoms with Crippen molar-refractivity contribution >= 4 is 17.6 Å². The van der Waals surface area contributed by atoms with Crippen LogP contribution in [-0.4, -0.2) is 48.6 Å². The maximum Gasteiger partial charge on any atom is 0.317 e. The molecule has 0 aliphatic carbocycles. The van der Waals surface area contributed by atoms with Crippen LogP contribution in [0.5, 0.6) is 0 Å².